The molecule has 0 fully saturated rings. The van der Waals surface area contributed by atoms with E-state index in [0.717, 1.165) is 29.4 Å². The van der Waals surface area contributed by atoms with Crippen LogP contribution in [0.1, 0.15) is 18.3 Å². The van der Waals surface area contributed by atoms with E-state index < -0.39 is 0 Å². The van der Waals surface area contributed by atoms with E-state index in [2.05, 4.69) is 15.5 Å². The van der Waals surface area contributed by atoms with Crippen LogP contribution in [0.15, 0.2) is 24.5 Å². The summed E-state index contributed by atoms with van der Waals surface area (Å²) < 4.78 is 13.2. The first kappa shape index (κ1) is 14.3. The zero-order valence-corrected chi connectivity index (χ0v) is 12.1. The van der Waals surface area contributed by atoms with Gasteiger partial charge >= 0.3 is 0 Å². The third-order valence-corrected chi connectivity index (χ3v) is 2.85. The van der Waals surface area contributed by atoms with Crippen LogP contribution in [0.2, 0.25) is 0 Å². The molecule has 0 aliphatic heterocycles. The summed E-state index contributed by atoms with van der Waals surface area (Å²) in [6.07, 6.45) is 1.65. The second-order valence-electron chi connectivity index (χ2n) is 4.39. The van der Waals surface area contributed by atoms with Crippen LogP contribution in [-0.4, -0.2) is 28.4 Å². The summed E-state index contributed by atoms with van der Waals surface area (Å²) >= 11 is 0. The van der Waals surface area contributed by atoms with Crippen LogP contribution in [0.5, 0.6) is 11.5 Å². The fraction of sp³-hybridized carbons (Fsp3) is 0.429. The van der Waals surface area contributed by atoms with Crippen molar-refractivity contribution in [2.45, 2.75) is 20.1 Å². The fourth-order valence-corrected chi connectivity index (χ4v) is 1.83. The number of hydrogen-bond donors (Lipinski definition) is 1. The van der Waals surface area contributed by atoms with Crippen molar-refractivity contribution < 1.29 is 9.47 Å². The highest BCUT2D eigenvalue weighted by molar-refractivity contribution is 5.43. The van der Waals surface area contributed by atoms with E-state index in [4.69, 9.17) is 9.47 Å². The Morgan fingerprint density at radius 3 is 2.75 bits per heavy atom. The molecular formula is C14H20N4O2. The van der Waals surface area contributed by atoms with Crippen molar-refractivity contribution in [2.24, 2.45) is 7.05 Å². The van der Waals surface area contributed by atoms with E-state index in [1.807, 2.05) is 43.8 Å². The van der Waals surface area contributed by atoms with Crippen LogP contribution < -0.4 is 14.8 Å². The molecule has 108 valence electrons. The van der Waals surface area contributed by atoms with E-state index in [1.165, 1.54) is 0 Å². The average Bonchev–Trinajstić information content (AvgIpc) is 2.84. The number of hydrogen-bond acceptors (Lipinski definition) is 5. The van der Waals surface area contributed by atoms with Crippen LogP contribution in [0.3, 0.4) is 0 Å². The third kappa shape index (κ3) is 3.48. The molecule has 0 saturated carbocycles. The van der Waals surface area contributed by atoms with Crippen LogP contribution in [0.4, 0.5) is 0 Å². The highest BCUT2D eigenvalue weighted by atomic mass is 16.5. The summed E-state index contributed by atoms with van der Waals surface area (Å²) in [7, 11) is 3.80. The maximum absolute atomic E-state index is 5.78. The van der Waals surface area contributed by atoms with Crippen molar-refractivity contribution in [3.63, 3.8) is 0 Å². The molecule has 0 radical (unpaired) electrons. The number of aromatic nitrogens is 3. The minimum Gasteiger partial charge on any atom is -0.490 e. The van der Waals surface area contributed by atoms with Gasteiger partial charge in [-0.2, -0.15) is 0 Å². The number of aryl methyl sites for hydroxylation is 1. The Labute approximate surface area is 118 Å². The Morgan fingerprint density at radius 1 is 1.25 bits per heavy atom. The van der Waals surface area contributed by atoms with Gasteiger partial charge in [0.15, 0.2) is 17.3 Å². The number of nitrogens with zero attached hydrogens (tertiary/aromatic N) is 3. The Morgan fingerprint density at radius 2 is 2.10 bits per heavy atom. The van der Waals surface area contributed by atoms with Crippen molar-refractivity contribution in [2.75, 3.05) is 13.7 Å². The molecule has 20 heavy (non-hydrogen) atoms. The lowest BCUT2D eigenvalue weighted by Crippen LogP contribution is -2.07. The largest absolute Gasteiger partial charge is 0.490 e. The summed E-state index contributed by atoms with van der Waals surface area (Å²) in [5, 5.41) is 10.9. The van der Waals surface area contributed by atoms with Gasteiger partial charge in [0, 0.05) is 13.6 Å². The monoisotopic (exact) mass is 276 g/mol. The molecule has 0 spiro atoms. The van der Waals surface area contributed by atoms with Crippen molar-refractivity contribution in [3.05, 3.63) is 35.9 Å². The van der Waals surface area contributed by atoms with Gasteiger partial charge in [-0.1, -0.05) is 6.07 Å². The molecular weight excluding hydrogens is 256 g/mol. The Kier molecular flexibility index (Phi) is 4.95. The molecule has 0 saturated heterocycles. The standard InChI is InChI=1S/C14H20N4O2/c1-4-19-13-7-11(8-15-2)5-6-12(13)20-9-14-17-16-10-18(14)3/h5-7,10,15H,4,8-9H2,1-3H3. The van der Waals surface area contributed by atoms with Gasteiger partial charge in [-0.15, -0.1) is 10.2 Å². The van der Waals surface area contributed by atoms with E-state index >= 15 is 0 Å². The topological polar surface area (TPSA) is 61.2 Å². The maximum Gasteiger partial charge on any atom is 0.170 e. The van der Waals surface area contributed by atoms with Gasteiger partial charge in [-0.05, 0) is 31.7 Å². The van der Waals surface area contributed by atoms with Crippen LogP contribution in [0, 0.1) is 0 Å². The average molecular weight is 276 g/mol. The van der Waals surface area contributed by atoms with Gasteiger partial charge in [0.1, 0.15) is 12.9 Å². The Hall–Kier alpha value is -2.08. The van der Waals surface area contributed by atoms with E-state index in [1.54, 1.807) is 6.33 Å². The van der Waals surface area contributed by atoms with Gasteiger partial charge in [0.25, 0.3) is 0 Å². The van der Waals surface area contributed by atoms with E-state index in [-0.39, 0.29) is 0 Å². The molecule has 2 aromatic rings. The van der Waals surface area contributed by atoms with Gasteiger partial charge in [0.2, 0.25) is 0 Å². The minimum absolute atomic E-state index is 0.363. The molecule has 2 rings (SSSR count). The van der Waals surface area contributed by atoms with Crippen LogP contribution in [0.25, 0.3) is 0 Å². The highest BCUT2D eigenvalue weighted by Gasteiger charge is 2.08. The molecule has 1 heterocycles. The van der Waals surface area contributed by atoms with E-state index in [0.29, 0.717) is 13.2 Å². The molecule has 0 atom stereocenters. The predicted octanol–water partition coefficient (Wildman–Crippen LogP) is 1.51. The summed E-state index contributed by atoms with van der Waals surface area (Å²) in [5.74, 6) is 2.24. The van der Waals surface area contributed by atoms with Crippen molar-refractivity contribution >= 4 is 0 Å². The minimum atomic E-state index is 0.363. The first-order valence-corrected chi connectivity index (χ1v) is 6.60. The van der Waals surface area contributed by atoms with Crippen molar-refractivity contribution in [1.82, 2.24) is 20.1 Å². The van der Waals surface area contributed by atoms with Crippen LogP contribution in [-0.2, 0) is 20.2 Å². The van der Waals surface area contributed by atoms with Gasteiger partial charge in [-0.3, -0.25) is 0 Å². The summed E-state index contributed by atoms with van der Waals surface area (Å²) in [4.78, 5) is 0. The first-order chi connectivity index (χ1) is 9.74. The quantitative estimate of drug-likeness (QED) is 0.830. The predicted molar refractivity (Wildman–Crippen MR) is 75.7 cm³/mol. The lowest BCUT2D eigenvalue weighted by Gasteiger charge is -2.13. The third-order valence-electron chi connectivity index (χ3n) is 2.85. The highest BCUT2D eigenvalue weighted by Crippen LogP contribution is 2.29. The molecule has 1 aromatic carbocycles. The summed E-state index contributed by atoms with van der Waals surface area (Å²) in [6, 6.07) is 5.94. The molecule has 1 aromatic heterocycles. The van der Waals surface area contributed by atoms with Crippen LogP contribution >= 0.6 is 0 Å². The molecule has 0 amide bonds. The Balaban J connectivity index is 2.11. The number of rotatable bonds is 7. The van der Waals surface area contributed by atoms with Gasteiger partial charge < -0.3 is 19.4 Å². The lowest BCUT2D eigenvalue weighted by atomic mass is 10.2. The smallest absolute Gasteiger partial charge is 0.170 e. The summed E-state index contributed by atoms with van der Waals surface area (Å²) in [6.45, 7) is 3.71. The molecule has 0 aliphatic carbocycles. The SMILES string of the molecule is CCOc1cc(CNC)ccc1OCc1nncn1C. The zero-order chi connectivity index (χ0) is 14.4. The molecule has 1 N–H and O–H groups in total. The second kappa shape index (κ2) is 6.91. The molecule has 6 nitrogen and oxygen atoms in total. The van der Waals surface area contributed by atoms with Crippen molar-refractivity contribution in [1.29, 1.82) is 0 Å². The van der Waals surface area contributed by atoms with Crippen molar-refractivity contribution in [3.8, 4) is 11.5 Å². The molecule has 6 heteroatoms. The molecule has 0 aliphatic rings. The lowest BCUT2D eigenvalue weighted by molar-refractivity contribution is 0.260. The van der Waals surface area contributed by atoms with Gasteiger partial charge in [0.05, 0.1) is 6.61 Å². The Bertz CT molecular complexity index is 554. The fourth-order valence-electron chi connectivity index (χ4n) is 1.83. The number of nitrogens with one attached hydrogen (secondary N) is 1. The summed E-state index contributed by atoms with van der Waals surface area (Å²) in [5.41, 5.74) is 1.15. The molecule has 0 bridgehead atoms. The zero-order valence-electron chi connectivity index (χ0n) is 12.1. The number of benzene rings is 1. The van der Waals surface area contributed by atoms with Gasteiger partial charge in [-0.25, -0.2) is 0 Å². The molecule has 0 unspecified atom stereocenters. The number of ether oxygens (including phenoxy) is 2. The second-order valence-corrected chi connectivity index (χ2v) is 4.39. The maximum atomic E-state index is 5.78. The normalized spacial score (nSPS) is 10.6. The van der Waals surface area contributed by atoms with E-state index in [9.17, 15) is 0 Å². The first-order valence-electron chi connectivity index (χ1n) is 6.60.